The second kappa shape index (κ2) is 11.5. The molecule has 0 aliphatic heterocycles. The quantitative estimate of drug-likeness (QED) is 0.474. The molecule has 0 bridgehead atoms. The summed E-state index contributed by atoms with van der Waals surface area (Å²) in [5, 5.41) is 15.8. The van der Waals surface area contributed by atoms with Crippen molar-refractivity contribution in [2.24, 2.45) is 0 Å². The second-order valence-corrected chi connectivity index (χ2v) is 5.44. The molecule has 1 aromatic rings. The van der Waals surface area contributed by atoms with Gasteiger partial charge in [0.05, 0.1) is 6.54 Å². The second-order valence-electron chi connectivity index (χ2n) is 5.44. The lowest BCUT2D eigenvalue weighted by atomic mass is 10.1. The molecular weight excluding hydrogens is 342 g/mol. The van der Waals surface area contributed by atoms with Crippen molar-refractivity contribution in [2.75, 3.05) is 13.1 Å². The van der Waals surface area contributed by atoms with Gasteiger partial charge in [-0.25, -0.2) is 9.59 Å². The van der Waals surface area contributed by atoms with Crippen LogP contribution in [0.4, 0.5) is 4.79 Å². The Morgan fingerprint density at radius 2 is 1.69 bits per heavy atom. The first kappa shape index (κ1) is 20.9. The van der Waals surface area contributed by atoms with Crippen LogP contribution in [0.2, 0.25) is 0 Å². The van der Waals surface area contributed by atoms with Crippen LogP contribution in [-0.4, -0.2) is 48.1 Å². The van der Waals surface area contributed by atoms with Crippen molar-refractivity contribution in [3.63, 3.8) is 0 Å². The summed E-state index contributed by atoms with van der Waals surface area (Å²) in [7, 11) is 0. The number of carboxylic acids is 1. The van der Waals surface area contributed by atoms with Crippen LogP contribution in [-0.2, 0) is 25.7 Å². The molecule has 0 spiro atoms. The Labute approximate surface area is 151 Å². The maximum atomic E-state index is 11.6. The number of nitrogens with one attached hydrogen (secondary N) is 3. The highest BCUT2D eigenvalue weighted by atomic mass is 16.5. The topological polar surface area (TPSA) is 134 Å². The van der Waals surface area contributed by atoms with Crippen molar-refractivity contribution in [3.05, 3.63) is 35.9 Å². The first-order valence-electron chi connectivity index (χ1n) is 8.15. The lowest BCUT2D eigenvalue weighted by Gasteiger charge is -2.14. The first-order chi connectivity index (χ1) is 12.4. The molecule has 0 heterocycles. The summed E-state index contributed by atoms with van der Waals surface area (Å²) in [5.41, 5.74) is 0.809. The van der Waals surface area contributed by atoms with E-state index in [1.165, 1.54) is 0 Å². The van der Waals surface area contributed by atoms with E-state index in [4.69, 9.17) is 9.84 Å². The summed E-state index contributed by atoms with van der Waals surface area (Å²) in [4.78, 5) is 45.7. The molecule has 4 N–H and O–H groups in total. The minimum absolute atomic E-state index is 0.0741. The SMILES string of the molecule is CCC[C@@H](NC(=O)CNC(=O)CNC(=O)OCc1ccccc1)C(=O)O. The molecule has 9 nitrogen and oxygen atoms in total. The Morgan fingerprint density at radius 3 is 2.31 bits per heavy atom. The minimum atomic E-state index is -1.13. The third kappa shape index (κ3) is 8.67. The Bertz CT molecular complexity index is 620. The first-order valence-corrected chi connectivity index (χ1v) is 8.15. The van der Waals surface area contributed by atoms with E-state index in [1.54, 1.807) is 19.1 Å². The number of aliphatic carboxylic acids is 1. The summed E-state index contributed by atoms with van der Waals surface area (Å²) in [6, 6.07) is 8.05. The molecular formula is C17H23N3O6. The van der Waals surface area contributed by atoms with Gasteiger partial charge in [0, 0.05) is 0 Å². The van der Waals surface area contributed by atoms with Crippen LogP contribution in [0, 0.1) is 0 Å². The molecule has 0 aromatic heterocycles. The zero-order chi connectivity index (χ0) is 19.4. The average molecular weight is 365 g/mol. The summed E-state index contributed by atoms with van der Waals surface area (Å²) in [5.74, 6) is -2.35. The van der Waals surface area contributed by atoms with E-state index in [9.17, 15) is 19.2 Å². The number of rotatable bonds is 10. The van der Waals surface area contributed by atoms with E-state index in [-0.39, 0.29) is 19.7 Å². The van der Waals surface area contributed by atoms with Crippen molar-refractivity contribution in [1.29, 1.82) is 0 Å². The maximum absolute atomic E-state index is 11.6. The van der Waals surface area contributed by atoms with E-state index in [2.05, 4.69) is 16.0 Å². The lowest BCUT2D eigenvalue weighted by molar-refractivity contribution is -0.141. The van der Waals surface area contributed by atoms with Gasteiger partial charge >= 0.3 is 12.1 Å². The zero-order valence-electron chi connectivity index (χ0n) is 14.5. The molecule has 26 heavy (non-hydrogen) atoms. The Hall–Kier alpha value is -3.10. The molecule has 0 saturated heterocycles. The molecule has 0 radical (unpaired) electrons. The van der Waals surface area contributed by atoms with Crippen LogP contribution in [0.3, 0.4) is 0 Å². The molecule has 0 saturated carbocycles. The van der Waals surface area contributed by atoms with Crippen molar-refractivity contribution < 1.29 is 29.0 Å². The minimum Gasteiger partial charge on any atom is -0.480 e. The van der Waals surface area contributed by atoms with Crippen LogP contribution in [0.15, 0.2) is 30.3 Å². The number of carboxylic acid groups (broad SMARTS) is 1. The van der Waals surface area contributed by atoms with E-state index in [1.807, 2.05) is 18.2 Å². The zero-order valence-corrected chi connectivity index (χ0v) is 14.5. The third-order valence-electron chi connectivity index (χ3n) is 3.26. The van der Waals surface area contributed by atoms with Gasteiger partial charge in [-0.1, -0.05) is 43.7 Å². The van der Waals surface area contributed by atoms with Gasteiger partial charge in [0.2, 0.25) is 11.8 Å². The number of hydrogen-bond donors (Lipinski definition) is 4. The van der Waals surface area contributed by atoms with Crippen molar-refractivity contribution >= 4 is 23.9 Å². The van der Waals surface area contributed by atoms with Crippen molar-refractivity contribution in [1.82, 2.24) is 16.0 Å². The van der Waals surface area contributed by atoms with Crippen LogP contribution >= 0.6 is 0 Å². The fourth-order valence-corrected chi connectivity index (χ4v) is 1.96. The molecule has 0 aliphatic rings. The predicted octanol–water partition coefficient (Wildman–Crippen LogP) is 0.399. The van der Waals surface area contributed by atoms with E-state index >= 15 is 0 Å². The Balaban J connectivity index is 2.22. The Kier molecular flexibility index (Phi) is 9.23. The maximum Gasteiger partial charge on any atom is 0.407 e. The molecule has 1 rings (SSSR count). The largest absolute Gasteiger partial charge is 0.480 e. The summed E-state index contributed by atoms with van der Waals surface area (Å²) < 4.78 is 4.94. The fourth-order valence-electron chi connectivity index (χ4n) is 1.96. The molecule has 1 atom stereocenters. The highest BCUT2D eigenvalue weighted by Crippen LogP contribution is 2.00. The van der Waals surface area contributed by atoms with Gasteiger partial charge in [-0.05, 0) is 12.0 Å². The van der Waals surface area contributed by atoms with Gasteiger partial charge in [0.15, 0.2) is 0 Å². The molecule has 0 fully saturated rings. The van der Waals surface area contributed by atoms with E-state index in [0.717, 1.165) is 5.56 Å². The number of benzene rings is 1. The number of carbonyl (C=O) groups is 4. The van der Waals surface area contributed by atoms with E-state index in [0.29, 0.717) is 12.8 Å². The molecule has 142 valence electrons. The van der Waals surface area contributed by atoms with E-state index < -0.39 is 29.9 Å². The van der Waals surface area contributed by atoms with Crippen LogP contribution in [0.1, 0.15) is 25.3 Å². The third-order valence-corrected chi connectivity index (χ3v) is 3.26. The average Bonchev–Trinajstić information content (AvgIpc) is 2.63. The van der Waals surface area contributed by atoms with Gasteiger partial charge in [-0.2, -0.15) is 0 Å². The van der Waals surface area contributed by atoms with Gasteiger partial charge < -0.3 is 25.8 Å². The molecule has 1 aromatic carbocycles. The summed E-state index contributed by atoms with van der Waals surface area (Å²) >= 11 is 0. The number of hydrogen-bond acceptors (Lipinski definition) is 5. The highest BCUT2D eigenvalue weighted by molar-refractivity contribution is 5.89. The normalized spacial score (nSPS) is 11.1. The van der Waals surface area contributed by atoms with Crippen molar-refractivity contribution in [2.45, 2.75) is 32.4 Å². The summed E-state index contributed by atoms with van der Waals surface area (Å²) in [6.45, 7) is 1.13. The molecule has 9 heteroatoms. The molecule has 0 unspecified atom stereocenters. The number of carbonyl (C=O) groups excluding carboxylic acids is 3. The van der Waals surface area contributed by atoms with Crippen LogP contribution in [0.25, 0.3) is 0 Å². The number of alkyl carbamates (subject to hydrolysis) is 1. The van der Waals surface area contributed by atoms with Gasteiger partial charge in [0.1, 0.15) is 19.2 Å². The highest BCUT2D eigenvalue weighted by Gasteiger charge is 2.18. The van der Waals surface area contributed by atoms with Gasteiger partial charge in [0.25, 0.3) is 0 Å². The molecule has 0 aliphatic carbocycles. The number of ether oxygens (including phenoxy) is 1. The van der Waals surface area contributed by atoms with Crippen molar-refractivity contribution in [3.8, 4) is 0 Å². The predicted molar refractivity (Wildman–Crippen MR) is 92.1 cm³/mol. The fraction of sp³-hybridized carbons (Fsp3) is 0.412. The van der Waals surface area contributed by atoms with Gasteiger partial charge in [-0.15, -0.1) is 0 Å². The van der Waals surface area contributed by atoms with Gasteiger partial charge in [-0.3, -0.25) is 9.59 Å². The molecule has 3 amide bonds. The lowest BCUT2D eigenvalue weighted by Crippen LogP contribution is -2.47. The standard InChI is InChI=1S/C17H23N3O6/c1-2-6-13(16(23)24)20-15(22)10-18-14(21)9-19-17(25)26-11-12-7-4-3-5-8-12/h3-5,7-8,13H,2,6,9-11H2,1H3,(H,18,21)(H,19,25)(H,20,22)(H,23,24)/t13-/m1/s1. The summed E-state index contributed by atoms with van der Waals surface area (Å²) in [6.07, 6.45) is 0.130. The van der Waals surface area contributed by atoms with Crippen LogP contribution in [0.5, 0.6) is 0 Å². The van der Waals surface area contributed by atoms with Crippen LogP contribution < -0.4 is 16.0 Å². The Morgan fingerprint density at radius 1 is 1.04 bits per heavy atom. The smallest absolute Gasteiger partial charge is 0.407 e. The monoisotopic (exact) mass is 365 g/mol. The number of amides is 3.